The average molecular weight is 283 g/mol. The molecule has 0 aromatic carbocycles. The lowest BCUT2D eigenvalue weighted by Gasteiger charge is -2.28. The molecule has 1 saturated heterocycles. The molecule has 6 heteroatoms. The number of hydrogen-bond donors (Lipinski definition) is 1. The first-order chi connectivity index (χ1) is 8.74. The van der Waals surface area contributed by atoms with E-state index in [9.17, 15) is 0 Å². The van der Waals surface area contributed by atoms with E-state index in [0.29, 0.717) is 15.8 Å². The van der Waals surface area contributed by atoms with Crippen LogP contribution in [0, 0.1) is 0 Å². The fraction of sp³-hybridized carbons (Fsp3) is 0.333. The predicted octanol–water partition coefficient (Wildman–Crippen LogP) is 2.35. The summed E-state index contributed by atoms with van der Waals surface area (Å²) in [5.74, 6) is 0.865. The van der Waals surface area contributed by atoms with Gasteiger partial charge in [0.05, 0.1) is 5.02 Å². The first-order valence-corrected chi connectivity index (χ1v) is 6.58. The SMILES string of the molecule is Clc1ccc2c(Cl)cc(N3CCNCC3)nc2n1. The number of hydrogen-bond acceptors (Lipinski definition) is 4. The van der Waals surface area contributed by atoms with Crippen LogP contribution in [0.25, 0.3) is 11.0 Å². The molecular formula is C12H12Cl2N4. The van der Waals surface area contributed by atoms with E-state index in [4.69, 9.17) is 23.2 Å². The lowest BCUT2D eigenvalue weighted by Crippen LogP contribution is -2.43. The Bertz CT molecular complexity index is 582. The van der Waals surface area contributed by atoms with Crippen LogP contribution in [0.15, 0.2) is 18.2 Å². The van der Waals surface area contributed by atoms with Gasteiger partial charge in [-0.3, -0.25) is 0 Å². The zero-order valence-electron chi connectivity index (χ0n) is 9.66. The van der Waals surface area contributed by atoms with Crippen molar-refractivity contribution in [2.24, 2.45) is 0 Å². The second-order valence-corrected chi connectivity index (χ2v) is 5.00. The molecule has 0 spiro atoms. The summed E-state index contributed by atoms with van der Waals surface area (Å²) in [4.78, 5) is 11.0. The molecular weight excluding hydrogens is 271 g/mol. The summed E-state index contributed by atoms with van der Waals surface area (Å²) in [6.45, 7) is 3.77. The largest absolute Gasteiger partial charge is 0.354 e. The molecule has 18 heavy (non-hydrogen) atoms. The van der Waals surface area contributed by atoms with E-state index in [1.54, 1.807) is 6.07 Å². The summed E-state index contributed by atoms with van der Waals surface area (Å²) < 4.78 is 0. The van der Waals surface area contributed by atoms with Gasteiger partial charge in [0.2, 0.25) is 0 Å². The van der Waals surface area contributed by atoms with E-state index in [1.807, 2.05) is 12.1 Å². The fourth-order valence-corrected chi connectivity index (χ4v) is 2.47. The topological polar surface area (TPSA) is 41.0 Å². The molecule has 1 N–H and O–H groups in total. The Morgan fingerprint density at radius 3 is 2.67 bits per heavy atom. The highest BCUT2D eigenvalue weighted by molar-refractivity contribution is 6.35. The Morgan fingerprint density at radius 1 is 1.11 bits per heavy atom. The van der Waals surface area contributed by atoms with E-state index in [-0.39, 0.29) is 0 Å². The summed E-state index contributed by atoms with van der Waals surface area (Å²) in [5.41, 5.74) is 0.600. The molecule has 0 amide bonds. The first-order valence-electron chi connectivity index (χ1n) is 5.82. The minimum atomic E-state index is 0.434. The van der Waals surface area contributed by atoms with Crippen molar-refractivity contribution in [3.63, 3.8) is 0 Å². The number of halogens is 2. The summed E-state index contributed by atoms with van der Waals surface area (Å²) in [5, 5.41) is 5.24. The van der Waals surface area contributed by atoms with Crippen LogP contribution in [-0.2, 0) is 0 Å². The number of anilines is 1. The molecule has 0 aliphatic carbocycles. The number of rotatable bonds is 1. The number of nitrogens with one attached hydrogen (secondary N) is 1. The second-order valence-electron chi connectivity index (χ2n) is 4.20. The zero-order valence-corrected chi connectivity index (χ0v) is 11.2. The van der Waals surface area contributed by atoms with Gasteiger partial charge in [-0.2, -0.15) is 0 Å². The third kappa shape index (κ3) is 2.23. The van der Waals surface area contributed by atoms with Crippen molar-refractivity contribution in [3.8, 4) is 0 Å². The van der Waals surface area contributed by atoms with Gasteiger partial charge in [-0.05, 0) is 12.1 Å². The third-order valence-corrected chi connectivity index (χ3v) is 3.54. The molecule has 3 heterocycles. The quantitative estimate of drug-likeness (QED) is 0.816. The van der Waals surface area contributed by atoms with Gasteiger partial charge in [0.25, 0.3) is 0 Å². The normalized spacial score (nSPS) is 16.2. The number of aromatic nitrogens is 2. The maximum atomic E-state index is 6.27. The molecule has 0 bridgehead atoms. The Hall–Kier alpha value is -1.10. The Kier molecular flexibility index (Phi) is 3.24. The number of piperazine rings is 1. The molecule has 1 fully saturated rings. The van der Waals surface area contributed by atoms with Crippen LogP contribution in [-0.4, -0.2) is 36.1 Å². The Labute approximate surface area is 115 Å². The summed E-state index contributed by atoms with van der Waals surface area (Å²) in [6, 6.07) is 5.47. The van der Waals surface area contributed by atoms with E-state index >= 15 is 0 Å². The van der Waals surface area contributed by atoms with Crippen LogP contribution in [0.2, 0.25) is 10.2 Å². The molecule has 1 aliphatic heterocycles. The van der Waals surface area contributed by atoms with Crippen molar-refractivity contribution in [1.82, 2.24) is 15.3 Å². The molecule has 0 unspecified atom stereocenters. The molecule has 1 aliphatic rings. The van der Waals surface area contributed by atoms with Gasteiger partial charge in [0, 0.05) is 37.6 Å². The molecule has 0 radical (unpaired) electrons. The van der Waals surface area contributed by atoms with Crippen molar-refractivity contribution in [2.75, 3.05) is 31.1 Å². The number of fused-ring (bicyclic) bond motifs is 1. The van der Waals surface area contributed by atoms with E-state index in [0.717, 1.165) is 37.4 Å². The second kappa shape index (κ2) is 4.88. The van der Waals surface area contributed by atoms with Gasteiger partial charge in [0.15, 0.2) is 5.65 Å². The van der Waals surface area contributed by atoms with Gasteiger partial charge in [-0.1, -0.05) is 23.2 Å². The van der Waals surface area contributed by atoms with E-state index in [2.05, 4.69) is 20.2 Å². The zero-order chi connectivity index (χ0) is 12.5. The van der Waals surface area contributed by atoms with Crippen molar-refractivity contribution < 1.29 is 0 Å². The minimum absolute atomic E-state index is 0.434. The lowest BCUT2D eigenvalue weighted by atomic mass is 10.2. The number of pyridine rings is 2. The van der Waals surface area contributed by atoms with Crippen molar-refractivity contribution in [2.45, 2.75) is 0 Å². The van der Waals surface area contributed by atoms with Gasteiger partial charge in [-0.25, -0.2) is 9.97 Å². The first kappa shape index (κ1) is 12.0. The molecule has 2 aromatic heterocycles. The monoisotopic (exact) mass is 282 g/mol. The van der Waals surface area contributed by atoms with Crippen molar-refractivity contribution in [3.05, 3.63) is 28.4 Å². The average Bonchev–Trinajstić information content (AvgIpc) is 2.39. The van der Waals surface area contributed by atoms with Crippen LogP contribution in [0.1, 0.15) is 0 Å². The molecule has 0 saturated carbocycles. The highest BCUT2D eigenvalue weighted by Crippen LogP contribution is 2.27. The minimum Gasteiger partial charge on any atom is -0.354 e. The fourth-order valence-electron chi connectivity index (χ4n) is 2.08. The predicted molar refractivity (Wildman–Crippen MR) is 74.6 cm³/mol. The maximum absolute atomic E-state index is 6.27. The summed E-state index contributed by atoms with van der Waals surface area (Å²) >= 11 is 12.2. The third-order valence-electron chi connectivity index (χ3n) is 3.02. The molecule has 2 aromatic rings. The number of nitrogens with zero attached hydrogens (tertiary/aromatic N) is 3. The van der Waals surface area contributed by atoms with Crippen LogP contribution in [0.5, 0.6) is 0 Å². The van der Waals surface area contributed by atoms with E-state index in [1.165, 1.54) is 0 Å². The highest BCUT2D eigenvalue weighted by Gasteiger charge is 2.14. The van der Waals surface area contributed by atoms with Gasteiger partial charge in [-0.15, -0.1) is 0 Å². The molecule has 4 nitrogen and oxygen atoms in total. The van der Waals surface area contributed by atoms with Crippen molar-refractivity contribution >= 4 is 40.1 Å². The summed E-state index contributed by atoms with van der Waals surface area (Å²) in [6.07, 6.45) is 0. The highest BCUT2D eigenvalue weighted by atomic mass is 35.5. The van der Waals surface area contributed by atoms with Crippen LogP contribution >= 0.6 is 23.2 Å². The Balaban J connectivity index is 2.07. The van der Waals surface area contributed by atoms with Crippen LogP contribution in [0.3, 0.4) is 0 Å². The maximum Gasteiger partial charge on any atom is 0.164 e. The van der Waals surface area contributed by atoms with Gasteiger partial charge >= 0.3 is 0 Å². The smallest absolute Gasteiger partial charge is 0.164 e. The lowest BCUT2D eigenvalue weighted by molar-refractivity contribution is 0.585. The standard InChI is InChI=1S/C12H12Cl2N4/c13-9-7-11(18-5-3-15-4-6-18)17-12-8(9)1-2-10(14)16-12/h1-2,7,15H,3-6H2. The molecule has 94 valence electrons. The van der Waals surface area contributed by atoms with Crippen LogP contribution in [0.4, 0.5) is 5.82 Å². The Morgan fingerprint density at radius 2 is 1.89 bits per heavy atom. The van der Waals surface area contributed by atoms with Gasteiger partial charge in [0.1, 0.15) is 11.0 Å². The van der Waals surface area contributed by atoms with Crippen molar-refractivity contribution in [1.29, 1.82) is 0 Å². The van der Waals surface area contributed by atoms with E-state index < -0.39 is 0 Å². The summed E-state index contributed by atoms with van der Waals surface area (Å²) in [7, 11) is 0. The molecule has 0 atom stereocenters. The van der Waals surface area contributed by atoms with Gasteiger partial charge < -0.3 is 10.2 Å². The van der Waals surface area contributed by atoms with Crippen LogP contribution < -0.4 is 10.2 Å². The molecule has 3 rings (SSSR count).